The van der Waals surface area contributed by atoms with Crippen LogP contribution in [0.25, 0.3) is 10.8 Å². The minimum absolute atomic E-state index is 0.0243. The van der Waals surface area contributed by atoms with Gasteiger partial charge < -0.3 is 10.2 Å². The van der Waals surface area contributed by atoms with Crippen LogP contribution in [0.5, 0.6) is 0 Å². The zero-order valence-electron chi connectivity index (χ0n) is 18.0. The van der Waals surface area contributed by atoms with E-state index < -0.39 is 10.0 Å². The third-order valence-electron chi connectivity index (χ3n) is 6.58. The SMILES string of the molecule is O=C(C[NH+]1CCN(S(=O)(=O)c2ccc3ccccc3c2)CC1)Nc1ccc2c(c1)CCC2. The largest absolute Gasteiger partial charge is 0.325 e. The quantitative estimate of drug-likeness (QED) is 0.623. The molecule has 1 heterocycles. The van der Waals surface area contributed by atoms with Crippen molar-refractivity contribution in [2.24, 2.45) is 0 Å². The van der Waals surface area contributed by atoms with Crippen molar-refractivity contribution in [1.82, 2.24) is 4.31 Å². The molecular formula is C25H28N3O3S+. The number of aryl methyl sites for hydroxylation is 2. The van der Waals surface area contributed by atoms with Gasteiger partial charge in [0.25, 0.3) is 5.91 Å². The lowest BCUT2D eigenvalue weighted by Crippen LogP contribution is -3.15. The van der Waals surface area contributed by atoms with E-state index in [-0.39, 0.29) is 5.91 Å². The molecule has 166 valence electrons. The van der Waals surface area contributed by atoms with E-state index in [0.29, 0.717) is 37.6 Å². The monoisotopic (exact) mass is 450 g/mol. The van der Waals surface area contributed by atoms with Gasteiger partial charge in [0.15, 0.2) is 6.54 Å². The van der Waals surface area contributed by atoms with Crippen molar-refractivity contribution in [2.45, 2.75) is 24.2 Å². The Kier molecular flexibility index (Phi) is 5.71. The van der Waals surface area contributed by atoms with Crippen LogP contribution in [0.15, 0.2) is 65.6 Å². The number of sulfonamides is 1. The molecule has 0 radical (unpaired) electrons. The molecule has 1 fully saturated rings. The lowest BCUT2D eigenvalue weighted by molar-refractivity contribution is -0.895. The molecule has 2 N–H and O–H groups in total. The summed E-state index contributed by atoms with van der Waals surface area (Å²) in [6, 6.07) is 19.2. The number of fused-ring (bicyclic) bond motifs is 2. The lowest BCUT2D eigenvalue weighted by atomic mass is 10.1. The molecule has 0 aromatic heterocycles. The standard InChI is InChI=1S/C25H27N3O3S/c29-25(26-23-10-8-20-6-3-7-21(20)16-23)18-27-12-14-28(15-13-27)32(30,31)24-11-9-19-4-1-2-5-22(19)17-24/h1-2,4-5,8-11,16-17H,3,6-7,12-15,18H2,(H,26,29)/p+1. The summed E-state index contributed by atoms with van der Waals surface area (Å²) in [6.07, 6.45) is 3.39. The van der Waals surface area contributed by atoms with Crippen LogP contribution >= 0.6 is 0 Å². The molecule has 0 bridgehead atoms. The highest BCUT2D eigenvalue weighted by atomic mass is 32.2. The van der Waals surface area contributed by atoms with Crippen LogP contribution in [0.3, 0.4) is 0 Å². The fraction of sp³-hybridized carbons (Fsp3) is 0.320. The summed E-state index contributed by atoms with van der Waals surface area (Å²) in [6.45, 7) is 2.41. The Balaban J connectivity index is 1.18. The molecule has 2 aliphatic rings. The van der Waals surface area contributed by atoms with E-state index in [1.807, 2.05) is 36.4 Å². The smallest absolute Gasteiger partial charge is 0.279 e. The summed E-state index contributed by atoms with van der Waals surface area (Å²) in [5.74, 6) is -0.0243. The topological polar surface area (TPSA) is 70.9 Å². The van der Waals surface area contributed by atoms with Crippen LogP contribution in [0, 0.1) is 0 Å². The fourth-order valence-electron chi connectivity index (χ4n) is 4.78. The minimum atomic E-state index is -3.54. The van der Waals surface area contributed by atoms with Gasteiger partial charge in [-0.3, -0.25) is 4.79 Å². The molecule has 32 heavy (non-hydrogen) atoms. The average molecular weight is 451 g/mol. The molecule has 1 amide bonds. The molecule has 0 saturated carbocycles. The molecule has 6 nitrogen and oxygen atoms in total. The highest BCUT2D eigenvalue weighted by Gasteiger charge is 2.31. The molecule has 7 heteroatoms. The van der Waals surface area contributed by atoms with E-state index in [1.54, 1.807) is 16.4 Å². The predicted octanol–water partition coefficient (Wildman–Crippen LogP) is 1.86. The van der Waals surface area contributed by atoms with Gasteiger partial charge in [-0.2, -0.15) is 4.31 Å². The van der Waals surface area contributed by atoms with Gasteiger partial charge in [-0.05, 0) is 65.4 Å². The Hall–Kier alpha value is -2.74. The van der Waals surface area contributed by atoms with E-state index in [1.165, 1.54) is 17.5 Å². The number of anilines is 1. The lowest BCUT2D eigenvalue weighted by Gasteiger charge is -2.31. The van der Waals surface area contributed by atoms with Crippen LogP contribution in [-0.4, -0.2) is 51.4 Å². The first-order valence-corrected chi connectivity index (χ1v) is 12.7. The number of carbonyl (C=O) groups excluding carboxylic acids is 1. The van der Waals surface area contributed by atoms with Crippen LogP contribution < -0.4 is 10.2 Å². The second-order valence-electron chi connectivity index (χ2n) is 8.73. The number of hydrogen-bond acceptors (Lipinski definition) is 3. The first-order chi connectivity index (χ1) is 15.5. The fourth-order valence-corrected chi connectivity index (χ4v) is 6.26. The summed E-state index contributed by atoms with van der Waals surface area (Å²) in [4.78, 5) is 14.0. The first-order valence-electron chi connectivity index (χ1n) is 11.2. The highest BCUT2D eigenvalue weighted by molar-refractivity contribution is 7.89. The predicted molar refractivity (Wildman–Crippen MR) is 125 cm³/mol. The molecule has 1 saturated heterocycles. The number of benzene rings is 3. The molecule has 3 aromatic carbocycles. The number of amides is 1. The van der Waals surface area contributed by atoms with Crippen molar-refractivity contribution in [2.75, 3.05) is 38.0 Å². The normalized spacial score (nSPS) is 17.4. The zero-order valence-corrected chi connectivity index (χ0v) is 18.8. The van der Waals surface area contributed by atoms with Crippen LogP contribution in [0.2, 0.25) is 0 Å². The Morgan fingerprint density at radius 3 is 2.47 bits per heavy atom. The average Bonchev–Trinajstić information content (AvgIpc) is 3.27. The summed E-state index contributed by atoms with van der Waals surface area (Å²) in [5, 5.41) is 4.95. The first kappa shape index (κ1) is 21.1. The van der Waals surface area contributed by atoms with Crippen LogP contribution in [0.4, 0.5) is 5.69 Å². The van der Waals surface area contributed by atoms with Gasteiger partial charge in [-0.1, -0.05) is 36.4 Å². The molecule has 0 spiro atoms. The maximum atomic E-state index is 13.1. The van der Waals surface area contributed by atoms with E-state index in [4.69, 9.17) is 0 Å². The van der Waals surface area contributed by atoms with Gasteiger partial charge >= 0.3 is 0 Å². The summed E-state index contributed by atoms with van der Waals surface area (Å²) in [7, 11) is -3.54. The number of piperazine rings is 1. The number of nitrogens with one attached hydrogen (secondary N) is 2. The Morgan fingerprint density at radius 1 is 0.906 bits per heavy atom. The van der Waals surface area contributed by atoms with E-state index >= 15 is 0 Å². The van der Waals surface area contributed by atoms with Gasteiger partial charge in [0, 0.05) is 5.69 Å². The van der Waals surface area contributed by atoms with Gasteiger partial charge in [0.2, 0.25) is 10.0 Å². The number of rotatable bonds is 5. The van der Waals surface area contributed by atoms with Crippen molar-refractivity contribution >= 4 is 32.4 Å². The maximum Gasteiger partial charge on any atom is 0.279 e. The maximum absolute atomic E-state index is 13.1. The van der Waals surface area contributed by atoms with Gasteiger partial charge in [0.05, 0.1) is 31.1 Å². The number of hydrogen-bond donors (Lipinski definition) is 2. The van der Waals surface area contributed by atoms with Crippen LogP contribution in [0.1, 0.15) is 17.5 Å². The van der Waals surface area contributed by atoms with E-state index in [0.717, 1.165) is 34.2 Å². The van der Waals surface area contributed by atoms with E-state index in [9.17, 15) is 13.2 Å². The van der Waals surface area contributed by atoms with Crippen molar-refractivity contribution in [3.8, 4) is 0 Å². The zero-order chi connectivity index (χ0) is 22.1. The third-order valence-corrected chi connectivity index (χ3v) is 8.48. The molecule has 1 aliphatic heterocycles. The van der Waals surface area contributed by atoms with Gasteiger partial charge in [-0.25, -0.2) is 8.42 Å². The Morgan fingerprint density at radius 2 is 1.66 bits per heavy atom. The van der Waals surface area contributed by atoms with Crippen molar-refractivity contribution in [1.29, 1.82) is 0 Å². The van der Waals surface area contributed by atoms with Crippen LogP contribution in [-0.2, 0) is 27.7 Å². The summed E-state index contributed by atoms with van der Waals surface area (Å²) >= 11 is 0. The van der Waals surface area contributed by atoms with Gasteiger partial charge in [0.1, 0.15) is 0 Å². The molecular weight excluding hydrogens is 422 g/mol. The van der Waals surface area contributed by atoms with Crippen molar-refractivity contribution in [3.63, 3.8) is 0 Å². The minimum Gasteiger partial charge on any atom is -0.325 e. The summed E-state index contributed by atoms with van der Waals surface area (Å²) in [5.41, 5.74) is 3.58. The molecule has 3 aromatic rings. The molecule has 1 aliphatic carbocycles. The molecule has 0 atom stereocenters. The summed E-state index contributed by atoms with van der Waals surface area (Å²) < 4.78 is 27.8. The van der Waals surface area contributed by atoms with Crippen molar-refractivity contribution < 1.29 is 18.1 Å². The highest BCUT2D eigenvalue weighted by Crippen LogP contribution is 2.25. The second-order valence-corrected chi connectivity index (χ2v) is 10.7. The molecule has 5 rings (SSSR count). The Labute approximate surface area is 188 Å². The third kappa shape index (κ3) is 4.28. The number of quaternary nitrogens is 1. The number of carbonyl (C=O) groups is 1. The van der Waals surface area contributed by atoms with Crippen molar-refractivity contribution in [3.05, 3.63) is 71.8 Å². The second kappa shape index (κ2) is 8.65. The van der Waals surface area contributed by atoms with E-state index in [2.05, 4.69) is 17.4 Å². The Bertz CT molecular complexity index is 1260. The number of nitrogens with zero attached hydrogens (tertiary/aromatic N) is 1. The van der Waals surface area contributed by atoms with Gasteiger partial charge in [-0.15, -0.1) is 0 Å². The molecule has 0 unspecified atom stereocenters.